The summed E-state index contributed by atoms with van der Waals surface area (Å²) in [5.74, 6) is 2.61. The van der Waals surface area contributed by atoms with Crippen molar-refractivity contribution in [3.8, 4) is 5.69 Å². The predicted octanol–water partition coefficient (Wildman–Crippen LogP) is 13.4. The van der Waals surface area contributed by atoms with Gasteiger partial charge in [0.25, 0.3) is 0 Å². The smallest absolute Gasteiger partial charge is 0.0633 e. The summed E-state index contributed by atoms with van der Waals surface area (Å²) in [4.78, 5) is 2.90. The van der Waals surface area contributed by atoms with E-state index in [4.69, 9.17) is 0 Å². The van der Waals surface area contributed by atoms with Crippen LogP contribution in [0.3, 0.4) is 0 Å². The molecule has 13 rings (SSSR count). The molecule has 6 aromatic carbocycles. The SMILES string of the molecule is CC1CC2CC3C4C=C(n5c6ccccc6c6cc(-n7c8ccccc8c8c9sc%10ccccc%10c9ccc87)ccc65)C=CC4(C)N(c4ccccc4)C13C2. The standard InChI is InChI=1S/C51H41N3S/c1-31-26-32-27-42-41-29-35(24-25-50(41,2)54(51(31,42)30-32)33-12-4-3-5-13-33)52-43-17-9-6-14-36(43)40-28-34(20-22-45(40)52)53-44-18-10-7-16-39(44)48-46(53)23-21-38-37-15-8-11-19-47(37)55-49(38)48/h3-25,28-29,31-32,41-42H,26-27,30H2,1-2H3. The fourth-order valence-corrected chi connectivity index (χ4v) is 14.0. The molecule has 6 unspecified atom stereocenters. The number of allylic oxidation sites excluding steroid dienone is 2. The zero-order chi connectivity index (χ0) is 36.2. The molecule has 2 bridgehead atoms. The minimum Gasteiger partial charge on any atom is -0.356 e. The lowest BCUT2D eigenvalue weighted by Gasteiger charge is -2.48. The average molecular weight is 728 g/mol. The monoisotopic (exact) mass is 727 g/mol. The Bertz CT molecular complexity index is 3160. The van der Waals surface area contributed by atoms with Crippen molar-refractivity contribution in [2.45, 2.75) is 44.2 Å². The first kappa shape index (κ1) is 30.7. The Morgan fingerprint density at radius 3 is 2.16 bits per heavy atom. The summed E-state index contributed by atoms with van der Waals surface area (Å²) in [5, 5.41) is 7.96. The van der Waals surface area contributed by atoms with Crippen LogP contribution in [0.5, 0.6) is 0 Å². The van der Waals surface area contributed by atoms with Gasteiger partial charge in [-0.2, -0.15) is 0 Å². The average Bonchev–Trinajstić information content (AvgIpc) is 4.04. The normalized spacial score (nSPS) is 27.0. The number of hydrogen-bond acceptors (Lipinski definition) is 2. The summed E-state index contributed by atoms with van der Waals surface area (Å²) < 4.78 is 7.78. The van der Waals surface area contributed by atoms with Gasteiger partial charge in [-0.3, -0.25) is 0 Å². The Morgan fingerprint density at radius 1 is 0.618 bits per heavy atom. The molecule has 4 heteroatoms. The van der Waals surface area contributed by atoms with Gasteiger partial charge in [-0.05, 0) is 105 Å². The van der Waals surface area contributed by atoms with E-state index in [1.807, 2.05) is 11.3 Å². The molecule has 1 saturated heterocycles. The first-order chi connectivity index (χ1) is 27.0. The van der Waals surface area contributed by atoms with Crippen molar-refractivity contribution >= 4 is 86.5 Å². The van der Waals surface area contributed by atoms with Crippen LogP contribution < -0.4 is 4.90 Å². The van der Waals surface area contributed by atoms with E-state index in [2.05, 4.69) is 180 Å². The molecule has 0 amide bonds. The van der Waals surface area contributed by atoms with Gasteiger partial charge in [-0.25, -0.2) is 0 Å². The van der Waals surface area contributed by atoms with Gasteiger partial charge in [-0.1, -0.05) is 97.9 Å². The van der Waals surface area contributed by atoms with E-state index in [1.54, 1.807) is 0 Å². The molecule has 3 nitrogen and oxygen atoms in total. The second-order valence-corrected chi connectivity index (χ2v) is 18.3. The number of thiophene rings is 1. The number of fused-ring (bicyclic) bond motifs is 13. The summed E-state index contributed by atoms with van der Waals surface area (Å²) >= 11 is 1.92. The Labute approximate surface area is 324 Å². The number of hydrogen-bond donors (Lipinski definition) is 0. The number of para-hydroxylation sites is 3. The molecule has 3 fully saturated rings. The van der Waals surface area contributed by atoms with E-state index < -0.39 is 0 Å². The van der Waals surface area contributed by atoms with E-state index in [-0.39, 0.29) is 11.1 Å². The first-order valence-corrected chi connectivity index (χ1v) is 21.0. The van der Waals surface area contributed by atoms with E-state index >= 15 is 0 Å². The third-order valence-electron chi connectivity index (χ3n) is 14.7. The van der Waals surface area contributed by atoms with Crippen LogP contribution >= 0.6 is 11.3 Å². The molecule has 4 heterocycles. The molecule has 6 atom stereocenters. The zero-order valence-electron chi connectivity index (χ0n) is 31.1. The number of nitrogens with zero attached hydrogens (tertiary/aromatic N) is 3. The molecule has 3 aliphatic carbocycles. The maximum Gasteiger partial charge on any atom is 0.0633 e. The van der Waals surface area contributed by atoms with Crippen LogP contribution in [-0.4, -0.2) is 20.2 Å². The van der Waals surface area contributed by atoms with Crippen LogP contribution in [0.15, 0.2) is 152 Å². The van der Waals surface area contributed by atoms with Crippen LogP contribution in [0.1, 0.15) is 33.1 Å². The lowest BCUT2D eigenvalue weighted by atomic mass is 9.69. The Kier molecular flexibility index (Phi) is 5.91. The zero-order valence-corrected chi connectivity index (χ0v) is 31.9. The maximum absolute atomic E-state index is 2.90. The topological polar surface area (TPSA) is 13.1 Å². The van der Waals surface area contributed by atoms with Gasteiger partial charge >= 0.3 is 0 Å². The fraction of sp³-hybridized carbons (Fsp3) is 0.216. The number of anilines is 1. The third-order valence-corrected chi connectivity index (χ3v) is 15.9. The molecule has 1 spiro atoms. The van der Waals surface area contributed by atoms with Crippen LogP contribution in [0.25, 0.3) is 75.2 Å². The molecule has 2 saturated carbocycles. The van der Waals surface area contributed by atoms with Crippen molar-refractivity contribution in [1.29, 1.82) is 0 Å². The number of aromatic nitrogens is 2. The molecule has 1 aliphatic heterocycles. The number of rotatable bonds is 3. The highest BCUT2D eigenvalue weighted by Crippen LogP contribution is 2.69. The van der Waals surface area contributed by atoms with Gasteiger partial charge in [0.15, 0.2) is 0 Å². The summed E-state index contributed by atoms with van der Waals surface area (Å²) in [6, 6.07) is 50.1. The summed E-state index contributed by atoms with van der Waals surface area (Å²) in [7, 11) is 0. The molecular formula is C51H41N3S. The van der Waals surface area contributed by atoms with E-state index in [1.165, 1.54) is 100 Å². The van der Waals surface area contributed by atoms with E-state index in [9.17, 15) is 0 Å². The van der Waals surface area contributed by atoms with Gasteiger partial charge < -0.3 is 14.0 Å². The summed E-state index contributed by atoms with van der Waals surface area (Å²) in [6.45, 7) is 5.07. The van der Waals surface area contributed by atoms with Gasteiger partial charge in [0.1, 0.15) is 0 Å². The fourth-order valence-electron chi connectivity index (χ4n) is 12.8. The van der Waals surface area contributed by atoms with Gasteiger partial charge in [-0.15, -0.1) is 11.3 Å². The molecule has 3 aromatic heterocycles. The Hall–Kier alpha value is -5.58. The van der Waals surface area contributed by atoms with Crippen molar-refractivity contribution in [2.75, 3.05) is 4.90 Å². The minimum absolute atomic E-state index is 0.0681. The van der Waals surface area contributed by atoms with Gasteiger partial charge in [0, 0.05) is 70.2 Å². The Balaban J connectivity index is 1.01. The third kappa shape index (κ3) is 3.77. The lowest BCUT2D eigenvalue weighted by molar-refractivity contribution is 0.218. The molecule has 55 heavy (non-hydrogen) atoms. The molecule has 4 aliphatic rings. The maximum atomic E-state index is 2.90. The highest BCUT2D eigenvalue weighted by molar-refractivity contribution is 7.26. The second kappa shape index (κ2) is 10.6. The van der Waals surface area contributed by atoms with Crippen molar-refractivity contribution in [2.24, 2.45) is 23.7 Å². The molecule has 0 N–H and O–H groups in total. The van der Waals surface area contributed by atoms with Gasteiger partial charge in [0.2, 0.25) is 0 Å². The highest BCUT2D eigenvalue weighted by atomic mass is 32.1. The molecule has 266 valence electrons. The van der Waals surface area contributed by atoms with Crippen molar-refractivity contribution in [3.63, 3.8) is 0 Å². The van der Waals surface area contributed by atoms with Crippen molar-refractivity contribution in [1.82, 2.24) is 9.13 Å². The van der Waals surface area contributed by atoms with Crippen molar-refractivity contribution in [3.05, 3.63) is 152 Å². The quantitative estimate of drug-likeness (QED) is 0.177. The van der Waals surface area contributed by atoms with Gasteiger partial charge in [0.05, 0.1) is 27.6 Å². The minimum atomic E-state index is -0.0681. The predicted molar refractivity (Wildman–Crippen MR) is 234 cm³/mol. The van der Waals surface area contributed by atoms with E-state index in [0.717, 1.165) is 5.92 Å². The summed E-state index contributed by atoms with van der Waals surface area (Å²) in [5.41, 5.74) is 9.10. The number of benzene rings is 6. The highest BCUT2D eigenvalue weighted by Gasteiger charge is 2.70. The first-order valence-electron chi connectivity index (χ1n) is 20.2. The van der Waals surface area contributed by atoms with Crippen LogP contribution in [-0.2, 0) is 0 Å². The molecular weight excluding hydrogens is 687 g/mol. The lowest BCUT2D eigenvalue weighted by Crippen LogP contribution is -2.55. The largest absolute Gasteiger partial charge is 0.356 e. The van der Waals surface area contributed by atoms with Crippen molar-refractivity contribution < 1.29 is 0 Å². The van der Waals surface area contributed by atoms with Crippen LogP contribution in [0, 0.1) is 23.7 Å². The molecule has 9 aromatic rings. The van der Waals surface area contributed by atoms with Crippen LogP contribution in [0.2, 0.25) is 0 Å². The van der Waals surface area contributed by atoms with E-state index in [0.29, 0.717) is 17.8 Å². The second-order valence-electron chi connectivity index (χ2n) is 17.2. The molecule has 0 radical (unpaired) electrons. The Morgan fingerprint density at radius 2 is 1.33 bits per heavy atom. The summed E-state index contributed by atoms with van der Waals surface area (Å²) in [6.07, 6.45) is 11.7. The van der Waals surface area contributed by atoms with Crippen LogP contribution in [0.4, 0.5) is 5.69 Å².